The summed E-state index contributed by atoms with van der Waals surface area (Å²) in [5.74, 6) is 0.574. The Labute approximate surface area is 179 Å². The molecule has 0 aliphatic rings. The molecule has 0 amide bonds. The molecule has 0 radical (unpaired) electrons. The fourth-order valence-corrected chi connectivity index (χ4v) is 2.90. The van der Waals surface area contributed by atoms with Crippen LogP contribution in [0.1, 0.15) is 31.4 Å². The fraction of sp³-hybridized carbons (Fsp3) is 0.304. The minimum absolute atomic E-state index is 0.142. The molecule has 0 aliphatic heterocycles. The predicted molar refractivity (Wildman–Crippen MR) is 116 cm³/mol. The number of aromatic nitrogens is 2. The first kappa shape index (κ1) is 22.4. The van der Waals surface area contributed by atoms with Crippen molar-refractivity contribution in [1.82, 2.24) is 9.97 Å². The van der Waals surface area contributed by atoms with Gasteiger partial charge in [0.2, 0.25) is 5.95 Å². The first-order valence-electron chi connectivity index (χ1n) is 10.1. The Morgan fingerprint density at radius 2 is 1.68 bits per heavy atom. The second-order valence-electron chi connectivity index (χ2n) is 7.01. The Balaban J connectivity index is 1.89. The number of alkyl halides is 3. The van der Waals surface area contributed by atoms with Crippen LogP contribution < -0.4 is 15.0 Å². The molecule has 0 spiro atoms. The molecule has 1 aromatic heterocycles. The van der Waals surface area contributed by atoms with Crippen LogP contribution in [-0.2, 0) is 12.6 Å². The minimum Gasteiger partial charge on any atom is -0.494 e. The molecule has 2 aromatic carbocycles. The normalized spacial score (nSPS) is 11.3. The minimum atomic E-state index is -4.58. The van der Waals surface area contributed by atoms with Gasteiger partial charge in [-0.05, 0) is 54.8 Å². The van der Waals surface area contributed by atoms with Gasteiger partial charge in [-0.25, -0.2) is 4.98 Å². The van der Waals surface area contributed by atoms with Crippen molar-refractivity contribution in [3.05, 3.63) is 65.9 Å². The van der Waals surface area contributed by atoms with Crippen molar-refractivity contribution >= 4 is 23.1 Å². The second-order valence-corrected chi connectivity index (χ2v) is 7.01. The number of nitrogens with zero attached hydrogens (tertiary/aromatic N) is 3. The van der Waals surface area contributed by atoms with Crippen molar-refractivity contribution < 1.29 is 17.9 Å². The van der Waals surface area contributed by atoms with Gasteiger partial charge < -0.3 is 15.0 Å². The maximum Gasteiger partial charge on any atom is 0.421 e. The topological polar surface area (TPSA) is 50.3 Å². The number of halogens is 3. The quantitative estimate of drug-likeness (QED) is 0.451. The van der Waals surface area contributed by atoms with E-state index >= 15 is 0 Å². The molecule has 1 heterocycles. The number of aryl methyl sites for hydroxylation is 1. The fourth-order valence-electron chi connectivity index (χ4n) is 2.90. The maximum atomic E-state index is 13.5. The zero-order chi connectivity index (χ0) is 22.4. The van der Waals surface area contributed by atoms with Crippen molar-refractivity contribution in [2.24, 2.45) is 0 Å². The molecule has 0 saturated carbocycles. The first-order chi connectivity index (χ1) is 14.8. The summed E-state index contributed by atoms with van der Waals surface area (Å²) < 4.78 is 46.1. The Morgan fingerprint density at radius 3 is 2.26 bits per heavy atom. The molecule has 8 heteroatoms. The highest BCUT2D eigenvalue weighted by molar-refractivity contribution is 5.64. The molecule has 1 N–H and O–H groups in total. The van der Waals surface area contributed by atoms with Crippen LogP contribution in [0.5, 0.6) is 5.75 Å². The van der Waals surface area contributed by atoms with E-state index in [1.807, 2.05) is 38.1 Å². The molecule has 0 aliphatic carbocycles. The summed E-state index contributed by atoms with van der Waals surface area (Å²) in [5, 5.41) is 2.79. The van der Waals surface area contributed by atoms with Gasteiger partial charge in [0, 0.05) is 24.6 Å². The average Bonchev–Trinajstić information content (AvgIpc) is 2.77. The number of ether oxygens (including phenoxy) is 1. The molecule has 3 rings (SSSR count). The van der Waals surface area contributed by atoms with E-state index in [4.69, 9.17) is 4.74 Å². The smallest absolute Gasteiger partial charge is 0.421 e. The molecule has 5 nitrogen and oxygen atoms in total. The maximum absolute atomic E-state index is 13.5. The zero-order valence-electron chi connectivity index (χ0n) is 17.7. The third-order valence-electron chi connectivity index (χ3n) is 4.70. The highest BCUT2D eigenvalue weighted by Gasteiger charge is 2.35. The largest absolute Gasteiger partial charge is 0.494 e. The zero-order valence-corrected chi connectivity index (χ0v) is 17.7. The number of rotatable bonds is 8. The standard InChI is InChI=1S/C23H25F3N4O/c1-4-14-31-19-12-10-18(11-13-19)30(3)22-27-15-20(23(24,25)26)21(29-22)28-17-8-6-16(5-2)7-9-17/h6-13,15H,4-5,14H2,1-3H3,(H,27,28,29). The monoisotopic (exact) mass is 430 g/mol. The molecule has 0 saturated heterocycles. The second kappa shape index (κ2) is 9.68. The third kappa shape index (κ3) is 5.65. The number of hydrogen-bond acceptors (Lipinski definition) is 5. The van der Waals surface area contributed by atoms with Gasteiger partial charge in [-0.15, -0.1) is 0 Å². The van der Waals surface area contributed by atoms with Crippen molar-refractivity contribution in [2.75, 3.05) is 23.9 Å². The molecular weight excluding hydrogens is 405 g/mol. The lowest BCUT2D eigenvalue weighted by atomic mass is 10.1. The lowest BCUT2D eigenvalue weighted by Gasteiger charge is -2.20. The van der Waals surface area contributed by atoms with E-state index in [2.05, 4.69) is 15.3 Å². The molecule has 0 fully saturated rings. The van der Waals surface area contributed by atoms with Crippen LogP contribution in [0.3, 0.4) is 0 Å². The summed E-state index contributed by atoms with van der Waals surface area (Å²) >= 11 is 0. The summed E-state index contributed by atoms with van der Waals surface area (Å²) in [7, 11) is 1.70. The van der Waals surface area contributed by atoms with E-state index in [0.29, 0.717) is 12.3 Å². The summed E-state index contributed by atoms with van der Waals surface area (Å²) in [4.78, 5) is 9.74. The van der Waals surface area contributed by atoms with Crippen molar-refractivity contribution in [1.29, 1.82) is 0 Å². The van der Waals surface area contributed by atoms with E-state index in [-0.39, 0.29) is 11.8 Å². The number of hydrogen-bond donors (Lipinski definition) is 1. The summed E-state index contributed by atoms with van der Waals surface area (Å²) in [6.45, 7) is 4.65. The van der Waals surface area contributed by atoms with Crippen LogP contribution in [-0.4, -0.2) is 23.6 Å². The molecule has 0 bridgehead atoms. The highest BCUT2D eigenvalue weighted by Crippen LogP contribution is 2.36. The molecule has 0 unspecified atom stereocenters. The summed E-state index contributed by atoms with van der Waals surface area (Å²) in [6, 6.07) is 14.4. The van der Waals surface area contributed by atoms with Crippen LogP contribution in [0, 0.1) is 0 Å². The van der Waals surface area contributed by atoms with Crippen LogP contribution in [0.15, 0.2) is 54.7 Å². The van der Waals surface area contributed by atoms with Crippen molar-refractivity contribution in [2.45, 2.75) is 32.9 Å². The lowest BCUT2D eigenvalue weighted by molar-refractivity contribution is -0.137. The highest BCUT2D eigenvalue weighted by atomic mass is 19.4. The Bertz CT molecular complexity index is 989. The lowest BCUT2D eigenvalue weighted by Crippen LogP contribution is -2.17. The molecular formula is C23H25F3N4O. The van der Waals surface area contributed by atoms with Crippen LogP contribution in [0.4, 0.5) is 36.3 Å². The summed E-state index contributed by atoms with van der Waals surface area (Å²) in [5.41, 5.74) is 1.41. The van der Waals surface area contributed by atoms with E-state index in [1.54, 1.807) is 36.2 Å². The van der Waals surface area contributed by atoms with Crippen LogP contribution in [0.2, 0.25) is 0 Å². The molecule has 3 aromatic rings. The predicted octanol–water partition coefficient (Wildman–Crippen LogP) is 6.36. The van der Waals surface area contributed by atoms with Crippen molar-refractivity contribution in [3.63, 3.8) is 0 Å². The SMILES string of the molecule is CCCOc1ccc(N(C)c2ncc(C(F)(F)F)c(Nc3ccc(CC)cc3)n2)cc1. The Morgan fingerprint density at radius 1 is 1.00 bits per heavy atom. The Kier molecular flexibility index (Phi) is 6.99. The number of benzene rings is 2. The summed E-state index contributed by atoms with van der Waals surface area (Å²) in [6.07, 6.45) is -2.03. The molecule has 164 valence electrons. The number of nitrogens with one attached hydrogen (secondary N) is 1. The van der Waals surface area contributed by atoms with Gasteiger partial charge in [-0.1, -0.05) is 26.0 Å². The van der Waals surface area contributed by atoms with Crippen LogP contribution in [0.25, 0.3) is 0 Å². The van der Waals surface area contributed by atoms with Gasteiger partial charge in [0.15, 0.2) is 0 Å². The molecule has 31 heavy (non-hydrogen) atoms. The first-order valence-corrected chi connectivity index (χ1v) is 10.1. The van der Waals surface area contributed by atoms with E-state index in [0.717, 1.165) is 36.0 Å². The van der Waals surface area contributed by atoms with Crippen LogP contribution >= 0.6 is 0 Å². The van der Waals surface area contributed by atoms with Crippen molar-refractivity contribution in [3.8, 4) is 5.75 Å². The van der Waals surface area contributed by atoms with Gasteiger partial charge in [0.25, 0.3) is 0 Å². The van der Waals surface area contributed by atoms with E-state index < -0.39 is 11.7 Å². The molecule has 0 atom stereocenters. The van der Waals surface area contributed by atoms with E-state index in [1.165, 1.54) is 0 Å². The number of anilines is 4. The van der Waals surface area contributed by atoms with Gasteiger partial charge in [0.1, 0.15) is 17.1 Å². The average molecular weight is 430 g/mol. The Hall–Kier alpha value is -3.29. The van der Waals surface area contributed by atoms with Gasteiger partial charge in [-0.2, -0.15) is 18.2 Å². The van der Waals surface area contributed by atoms with Gasteiger partial charge in [-0.3, -0.25) is 0 Å². The van der Waals surface area contributed by atoms with Gasteiger partial charge >= 0.3 is 6.18 Å². The van der Waals surface area contributed by atoms with E-state index in [9.17, 15) is 13.2 Å². The third-order valence-corrected chi connectivity index (χ3v) is 4.70. The van der Waals surface area contributed by atoms with Gasteiger partial charge in [0.05, 0.1) is 6.61 Å².